The first-order chi connectivity index (χ1) is 25.3. The van der Waals surface area contributed by atoms with E-state index in [0.29, 0.717) is 90.5 Å². The summed E-state index contributed by atoms with van der Waals surface area (Å²) in [6.45, 7) is -0.649. The standard InChI is InChI=1S/C38H38ClN3O10/c1-48-34-13-23(33-16-31(42-52-33)22-11-24(17-43)29(20-46)25(12-22)18-44)14-35(49-2)36(34)51-9-3-8-50-32-7-4-21(10-26(32)19-45)37-40-30-6-5-27(39)15-28(30)38(47)41-37/h4-7,10-16,37,40,43-46H,3,8-9,17-20H2,1-2H3,(H,41,47). The minimum Gasteiger partial charge on any atom is -0.493 e. The molecule has 0 fully saturated rings. The molecule has 272 valence electrons. The molecule has 1 atom stereocenters. The SMILES string of the molecule is COc1cc(-c2cc(-c3cc(CO)c(CO)c(CO)c3)no2)cc(OC)c1OCCCOc1ccc(C2NC(=O)c3cc(Cl)ccc3N2)cc1CO. The molecule has 1 aromatic heterocycles. The van der Waals surface area contributed by atoms with Gasteiger partial charge in [0.25, 0.3) is 5.91 Å². The van der Waals surface area contributed by atoms with E-state index in [0.717, 1.165) is 5.56 Å². The Labute approximate surface area is 304 Å². The number of aliphatic hydroxyl groups excluding tert-OH is 4. The van der Waals surface area contributed by atoms with Crippen molar-refractivity contribution in [3.05, 3.63) is 105 Å². The van der Waals surface area contributed by atoms with Crippen molar-refractivity contribution in [3.63, 3.8) is 0 Å². The van der Waals surface area contributed by atoms with Gasteiger partial charge in [0.1, 0.15) is 17.6 Å². The molecule has 1 aliphatic rings. The monoisotopic (exact) mass is 731 g/mol. The number of methoxy groups -OCH3 is 2. The Morgan fingerprint density at radius 2 is 1.44 bits per heavy atom. The number of carbonyl (C=O) groups is 1. The summed E-state index contributed by atoms with van der Waals surface area (Å²) >= 11 is 6.05. The Bertz CT molecular complexity index is 2020. The molecule has 14 heteroatoms. The summed E-state index contributed by atoms with van der Waals surface area (Å²) in [5, 5.41) is 50.3. The van der Waals surface area contributed by atoms with Gasteiger partial charge >= 0.3 is 0 Å². The maximum Gasteiger partial charge on any atom is 0.255 e. The molecule has 1 unspecified atom stereocenters. The van der Waals surface area contributed by atoms with E-state index in [2.05, 4.69) is 15.8 Å². The smallest absolute Gasteiger partial charge is 0.255 e. The van der Waals surface area contributed by atoms with Crippen LogP contribution in [0.3, 0.4) is 0 Å². The highest BCUT2D eigenvalue weighted by Gasteiger charge is 2.26. The van der Waals surface area contributed by atoms with Crippen LogP contribution in [0.25, 0.3) is 22.6 Å². The summed E-state index contributed by atoms with van der Waals surface area (Å²) in [4.78, 5) is 12.7. The third-order valence-electron chi connectivity index (χ3n) is 8.67. The molecule has 52 heavy (non-hydrogen) atoms. The average Bonchev–Trinajstić information content (AvgIpc) is 3.67. The van der Waals surface area contributed by atoms with Crippen LogP contribution in [0.1, 0.15) is 50.8 Å². The molecule has 0 saturated carbocycles. The van der Waals surface area contributed by atoms with Crippen LogP contribution in [-0.4, -0.2) is 58.9 Å². The predicted molar refractivity (Wildman–Crippen MR) is 192 cm³/mol. The number of nitrogens with one attached hydrogen (secondary N) is 2. The van der Waals surface area contributed by atoms with Crippen LogP contribution < -0.4 is 29.6 Å². The van der Waals surface area contributed by atoms with Crippen molar-refractivity contribution in [2.75, 3.05) is 32.8 Å². The number of nitrogens with zero attached hydrogens (tertiary/aromatic N) is 1. The molecule has 6 rings (SSSR count). The largest absolute Gasteiger partial charge is 0.493 e. The lowest BCUT2D eigenvalue weighted by atomic mass is 9.97. The number of aliphatic hydroxyl groups is 4. The lowest BCUT2D eigenvalue weighted by Gasteiger charge is -2.28. The van der Waals surface area contributed by atoms with E-state index < -0.39 is 6.17 Å². The van der Waals surface area contributed by atoms with Crippen molar-refractivity contribution in [1.82, 2.24) is 10.5 Å². The number of benzene rings is 4. The van der Waals surface area contributed by atoms with Gasteiger partial charge in [-0.05, 0) is 76.9 Å². The Kier molecular flexibility index (Phi) is 11.5. The first-order valence-corrected chi connectivity index (χ1v) is 16.7. The zero-order valence-electron chi connectivity index (χ0n) is 28.4. The van der Waals surface area contributed by atoms with Gasteiger partial charge in [-0.3, -0.25) is 4.79 Å². The van der Waals surface area contributed by atoms with Gasteiger partial charge in [0.05, 0.1) is 59.4 Å². The molecular weight excluding hydrogens is 694 g/mol. The number of fused-ring (bicyclic) bond motifs is 1. The number of hydrogen-bond acceptors (Lipinski definition) is 12. The summed E-state index contributed by atoms with van der Waals surface area (Å²) in [6.07, 6.45) is -0.00627. The van der Waals surface area contributed by atoms with Gasteiger partial charge in [0, 0.05) is 39.9 Å². The van der Waals surface area contributed by atoms with Gasteiger partial charge in [-0.15, -0.1) is 0 Å². The predicted octanol–water partition coefficient (Wildman–Crippen LogP) is 5.35. The van der Waals surface area contributed by atoms with Crippen molar-refractivity contribution >= 4 is 23.2 Å². The van der Waals surface area contributed by atoms with Gasteiger partial charge in [-0.1, -0.05) is 22.8 Å². The van der Waals surface area contributed by atoms with Crippen molar-refractivity contribution in [2.45, 2.75) is 39.0 Å². The number of anilines is 1. The number of hydrogen-bond donors (Lipinski definition) is 6. The first kappa shape index (κ1) is 36.5. The fraction of sp³-hybridized carbons (Fsp3) is 0.263. The molecule has 0 aliphatic carbocycles. The van der Waals surface area contributed by atoms with E-state index in [-0.39, 0.29) is 45.5 Å². The summed E-state index contributed by atoms with van der Waals surface area (Å²) < 4.78 is 29.0. The number of ether oxygens (including phenoxy) is 4. The molecule has 5 aromatic rings. The lowest BCUT2D eigenvalue weighted by molar-refractivity contribution is 0.0935. The van der Waals surface area contributed by atoms with Crippen LogP contribution in [0.15, 0.2) is 71.3 Å². The molecule has 6 N–H and O–H groups in total. The van der Waals surface area contributed by atoms with Crippen LogP contribution in [0.2, 0.25) is 5.02 Å². The van der Waals surface area contributed by atoms with E-state index in [4.69, 9.17) is 35.1 Å². The van der Waals surface area contributed by atoms with Crippen LogP contribution in [0.4, 0.5) is 5.69 Å². The first-order valence-electron chi connectivity index (χ1n) is 16.4. The van der Waals surface area contributed by atoms with Gasteiger partial charge in [0.15, 0.2) is 17.3 Å². The zero-order chi connectivity index (χ0) is 36.8. The highest BCUT2D eigenvalue weighted by atomic mass is 35.5. The van der Waals surface area contributed by atoms with Crippen molar-refractivity contribution in [3.8, 4) is 45.6 Å². The molecule has 2 heterocycles. The molecule has 0 spiro atoms. The summed E-state index contributed by atoms with van der Waals surface area (Å²) in [6, 6.07) is 19.0. The van der Waals surface area contributed by atoms with Crippen molar-refractivity contribution in [1.29, 1.82) is 0 Å². The van der Waals surface area contributed by atoms with E-state index in [1.807, 2.05) is 6.07 Å². The molecular formula is C38H38ClN3O10. The number of rotatable bonds is 15. The van der Waals surface area contributed by atoms with Crippen LogP contribution in [0.5, 0.6) is 23.0 Å². The Hall–Kier alpha value is -5.31. The number of aromatic nitrogens is 1. The molecule has 13 nitrogen and oxygen atoms in total. The van der Waals surface area contributed by atoms with Gasteiger partial charge < -0.3 is 54.5 Å². The van der Waals surface area contributed by atoms with Gasteiger partial charge in [0.2, 0.25) is 5.75 Å². The molecule has 1 amide bonds. The Morgan fingerprint density at radius 1 is 0.750 bits per heavy atom. The van der Waals surface area contributed by atoms with Crippen molar-refractivity contribution in [2.24, 2.45) is 0 Å². The zero-order valence-corrected chi connectivity index (χ0v) is 29.2. The van der Waals surface area contributed by atoms with Crippen LogP contribution in [0, 0.1) is 0 Å². The molecule has 1 aliphatic heterocycles. The summed E-state index contributed by atoms with van der Waals surface area (Å²) in [5.74, 6) is 1.86. The van der Waals surface area contributed by atoms with Gasteiger partial charge in [-0.25, -0.2) is 0 Å². The molecule has 0 radical (unpaired) electrons. The minimum atomic E-state index is -0.499. The fourth-order valence-electron chi connectivity index (χ4n) is 6.00. The summed E-state index contributed by atoms with van der Waals surface area (Å²) in [5.41, 5.74) is 5.56. The number of halogens is 1. The van der Waals surface area contributed by atoms with E-state index in [1.54, 1.807) is 60.7 Å². The van der Waals surface area contributed by atoms with Crippen LogP contribution >= 0.6 is 11.6 Å². The summed E-state index contributed by atoms with van der Waals surface area (Å²) in [7, 11) is 3.03. The van der Waals surface area contributed by atoms with E-state index in [9.17, 15) is 25.2 Å². The average molecular weight is 732 g/mol. The molecule has 0 bridgehead atoms. The molecule has 4 aromatic carbocycles. The maximum absolute atomic E-state index is 12.7. The van der Waals surface area contributed by atoms with Gasteiger partial charge in [-0.2, -0.15) is 0 Å². The maximum atomic E-state index is 12.7. The third kappa shape index (κ3) is 7.64. The fourth-order valence-corrected chi connectivity index (χ4v) is 6.17. The second-order valence-electron chi connectivity index (χ2n) is 11.9. The second-order valence-corrected chi connectivity index (χ2v) is 12.3. The highest BCUT2D eigenvalue weighted by molar-refractivity contribution is 6.31. The normalized spacial score (nSPS) is 13.6. The second kappa shape index (κ2) is 16.4. The topological polar surface area (TPSA) is 185 Å². The Balaban J connectivity index is 1.09. The van der Waals surface area contributed by atoms with Crippen molar-refractivity contribution < 1.29 is 48.7 Å². The number of amides is 1. The minimum absolute atomic E-state index is 0.250. The third-order valence-corrected chi connectivity index (χ3v) is 8.90. The highest BCUT2D eigenvalue weighted by Crippen LogP contribution is 2.42. The Morgan fingerprint density at radius 3 is 2.10 bits per heavy atom. The number of carbonyl (C=O) groups excluding carboxylic acids is 1. The van der Waals surface area contributed by atoms with Crippen LogP contribution in [-0.2, 0) is 26.4 Å². The van der Waals surface area contributed by atoms with E-state index >= 15 is 0 Å². The quantitative estimate of drug-likeness (QED) is 0.0760. The van der Waals surface area contributed by atoms with E-state index in [1.165, 1.54) is 14.2 Å². The lowest BCUT2D eigenvalue weighted by Crippen LogP contribution is -2.38. The molecule has 0 saturated heterocycles.